The minimum absolute atomic E-state index is 1.11. The van der Waals surface area contributed by atoms with Gasteiger partial charge in [-0.1, -0.05) is 164 Å². The second-order valence-corrected chi connectivity index (χ2v) is 13.8. The van der Waals surface area contributed by atoms with Crippen LogP contribution in [0.5, 0.6) is 0 Å². The third-order valence-corrected chi connectivity index (χ3v) is 10.6. The zero-order chi connectivity index (χ0) is 35.1. The van der Waals surface area contributed by atoms with E-state index in [0.717, 1.165) is 17.1 Å². The van der Waals surface area contributed by atoms with Crippen LogP contribution in [0, 0.1) is 0 Å². The normalized spacial score (nSPS) is 11.4. The Hall–Kier alpha value is -6.96. The van der Waals surface area contributed by atoms with Crippen LogP contribution in [0.1, 0.15) is 0 Å². The third-order valence-electron chi connectivity index (χ3n) is 10.6. The Morgan fingerprint density at radius 3 is 1.64 bits per heavy atom. The van der Waals surface area contributed by atoms with E-state index < -0.39 is 0 Å². The fraction of sp³-hybridized carbons (Fsp3) is 0. The molecule has 0 aliphatic carbocycles. The van der Waals surface area contributed by atoms with E-state index in [0.29, 0.717) is 0 Å². The third kappa shape index (κ3) is 5.60. The van der Waals surface area contributed by atoms with Crippen molar-refractivity contribution >= 4 is 60.2 Å². The fourth-order valence-electron chi connectivity index (χ4n) is 7.98. The van der Waals surface area contributed by atoms with Crippen molar-refractivity contribution in [1.82, 2.24) is 0 Å². The number of benzene rings is 10. The molecule has 1 heteroatoms. The summed E-state index contributed by atoms with van der Waals surface area (Å²) in [5.74, 6) is 0. The fourth-order valence-corrected chi connectivity index (χ4v) is 7.98. The van der Waals surface area contributed by atoms with Gasteiger partial charge in [0, 0.05) is 16.9 Å². The van der Waals surface area contributed by atoms with E-state index in [-0.39, 0.29) is 0 Å². The Morgan fingerprint density at radius 1 is 0.245 bits per heavy atom. The molecule has 53 heavy (non-hydrogen) atoms. The molecule has 0 aliphatic heterocycles. The van der Waals surface area contributed by atoms with Crippen LogP contribution in [-0.4, -0.2) is 0 Å². The topological polar surface area (TPSA) is 3.24 Å². The first-order chi connectivity index (χ1) is 26.3. The highest BCUT2D eigenvalue weighted by molar-refractivity contribution is 6.15. The van der Waals surface area contributed by atoms with Crippen molar-refractivity contribution in [2.75, 3.05) is 4.90 Å². The number of nitrogens with zero attached hydrogens (tertiary/aromatic N) is 1. The van der Waals surface area contributed by atoms with E-state index in [1.54, 1.807) is 0 Å². The molecule has 0 N–H and O–H groups in total. The lowest BCUT2D eigenvalue weighted by molar-refractivity contribution is 1.29. The monoisotopic (exact) mass is 673 g/mol. The Kier molecular flexibility index (Phi) is 7.55. The van der Waals surface area contributed by atoms with Crippen molar-refractivity contribution in [3.05, 3.63) is 212 Å². The molecule has 0 radical (unpaired) electrons. The van der Waals surface area contributed by atoms with Crippen molar-refractivity contribution in [3.8, 4) is 33.4 Å². The lowest BCUT2D eigenvalue weighted by Gasteiger charge is -2.29. The first-order valence-electron chi connectivity index (χ1n) is 18.3. The van der Waals surface area contributed by atoms with Gasteiger partial charge in [-0.05, 0) is 119 Å². The lowest BCUT2D eigenvalue weighted by Crippen LogP contribution is -2.11. The standard InChI is InChI=1S/C52H35N/c1-2-13-36(14-3-1)40-27-28-43-34-46(30-29-42(43)32-40)53(45-19-12-18-39(33-45)41-26-25-37-15-4-5-16-38(37)31-41)52-24-11-10-23-50(52)51-35-44-17-6-7-20-47(44)48-21-8-9-22-49(48)51/h1-35H. The minimum atomic E-state index is 1.11. The summed E-state index contributed by atoms with van der Waals surface area (Å²) in [6.45, 7) is 0. The molecule has 0 amide bonds. The average molecular weight is 674 g/mol. The van der Waals surface area contributed by atoms with Crippen molar-refractivity contribution in [1.29, 1.82) is 0 Å². The predicted molar refractivity (Wildman–Crippen MR) is 227 cm³/mol. The number of hydrogen-bond acceptors (Lipinski definition) is 1. The van der Waals surface area contributed by atoms with Crippen LogP contribution in [0.2, 0.25) is 0 Å². The maximum absolute atomic E-state index is 2.44. The molecule has 0 heterocycles. The van der Waals surface area contributed by atoms with Crippen LogP contribution in [0.15, 0.2) is 212 Å². The smallest absolute Gasteiger partial charge is 0.0540 e. The van der Waals surface area contributed by atoms with E-state index >= 15 is 0 Å². The zero-order valence-electron chi connectivity index (χ0n) is 29.2. The van der Waals surface area contributed by atoms with Gasteiger partial charge in [-0.25, -0.2) is 0 Å². The van der Waals surface area contributed by atoms with Gasteiger partial charge in [0.2, 0.25) is 0 Å². The molecule has 10 aromatic rings. The van der Waals surface area contributed by atoms with E-state index in [1.165, 1.54) is 76.5 Å². The SMILES string of the molecule is c1ccc(-c2ccc3cc(N(c4cccc(-c5ccc6ccccc6c5)c4)c4ccccc4-c4cc5ccccc5c5ccccc45)ccc3c2)cc1. The van der Waals surface area contributed by atoms with E-state index in [1.807, 2.05) is 0 Å². The van der Waals surface area contributed by atoms with Gasteiger partial charge in [-0.2, -0.15) is 0 Å². The van der Waals surface area contributed by atoms with Crippen molar-refractivity contribution in [2.45, 2.75) is 0 Å². The lowest BCUT2D eigenvalue weighted by atomic mass is 9.92. The van der Waals surface area contributed by atoms with Crippen molar-refractivity contribution in [2.24, 2.45) is 0 Å². The Morgan fingerprint density at radius 2 is 0.792 bits per heavy atom. The van der Waals surface area contributed by atoms with Crippen LogP contribution in [0.3, 0.4) is 0 Å². The van der Waals surface area contributed by atoms with Crippen molar-refractivity contribution < 1.29 is 0 Å². The van der Waals surface area contributed by atoms with Crippen LogP contribution in [-0.2, 0) is 0 Å². The molecule has 0 aliphatic rings. The summed E-state index contributed by atoms with van der Waals surface area (Å²) in [6, 6.07) is 77.4. The minimum Gasteiger partial charge on any atom is -0.310 e. The summed E-state index contributed by atoms with van der Waals surface area (Å²) in [5, 5.41) is 9.92. The molecule has 0 unspecified atom stereocenters. The highest BCUT2D eigenvalue weighted by atomic mass is 15.1. The molecule has 0 fully saturated rings. The maximum atomic E-state index is 2.44. The number of para-hydroxylation sites is 1. The largest absolute Gasteiger partial charge is 0.310 e. The first kappa shape index (κ1) is 30.8. The summed E-state index contributed by atoms with van der Waals surface area (Å²) in [7, 11) is 0. The average Bonchev–Trinajstić information content (AvgIpc) is 3.24. The summed E-state index contributed by atoms with van der Waals surface area (Å²) in [6.07, 6.45) is 0. The quantitative estimate of drug-likeness (QED) is 0.159. The van der Waals surface area contributed by atoms with Crippen molar-refractivity contribution in [3.63, 3.8) is 0 Å². The van der Waals surface area contributed by atoms with Crippen LogP contribution < -0.4 is 4.90 Å². The first-order valence-corrected chi connectivity index (χ1v) is 18.3. The summed E-state index contributed by atoms with van der Waals surface area (Å²) in [5.41, 5.74) is 10.6. The summed E-state index contributed by atoms with van der Waals surface area (Å²) >= 11 is 0. The molecule has 1 nitrogen and oxygen atoms in total. The number of anilines is 3. The molecule has 0 saturated heterocycles. The van der Waals surface area contributed by atoms with Gasteiger partial charge in [-0.15, -0.1) is 0 Å². The van der Waals surface area contributed by atoms with Crippen LogP contribution >= 0.6 is 0 Å². The van der Waals surface area contributed by atoms with Gasteiger partial charge < -0.3 is 4.90 Å². The van der Waals surface area contributed by atoms with Gasteiger partial charge in [0.25, 0.3) is 0 Å². The summed E-state index contributed by atoms with van der Waals surface area (Å²) < 4.78 is 0. The molecular formula is C52H35N. The van der Waals surface area contributed by atoms with E-state index in [2.05, 4.69) is 217 Å². The van der Waals surface area contributed by atoms with Gasteiger partial charge in [0.15, 0.2) is 0 Å². The van der Waals surface area contributed by atoms with E-state index in [9.17, 15) is 0 Å². The van der Waals surface area contributed by atoms with Crippen LogP contribution in [0.4, 0.5) is 17.1 Å². The molecule has 0 saturated carbocycles. The number of hydrogen-bond donors (Lipinski definition) is 0. The van der Waals surface area contributed by atoms with E-state index in [4.69, 9.17) is 0 Å². The highest BCUT2D eigenvalue weighted by Crippen LogP contribution is 2.45. The Bertz CT molecular complexity index is 2960. The molecule has 0 bridgehead atoms. The van der Waals surface area contributed by atoms with Gasteiger partial charge in [0.1, 0.15) is 0 Å². The van der Waals surface area contributed by atoms with Gasteiger partial charge in [-0.3, -0.25) is 0 Å². The predicted octanol–water partition coefficient (Wildman–Crippen LogP) is 14.8. The molecular weight excluding hydrogens is 639 g/mol. The molecule has 10 rings (SSSR count). The maximum Gasteiger partial charge on any atom is 0.0540 e. The second-order valence-electron chi connectivity index (χ2n) is 13.8. The van der Waals surface area contributed by atoms with Gasteiger partial charge in [0.05, 0.1) is 5.69 Å². The second kappa shape index (κ2) is 13.0. The summed E-state index contributed by atoms with van der Waals surface area (Å²) in [4.78, 5) is 2.44. The molecule has 248 valence electrons. The molecule has 10 aromatic carbocycles. The zero-order valence-corrected chi connectivity index (χ0v) is 29.2. The van der Waals surface area contributed by atoms with Crippen LogP contribution in [0.25, 0.3) is 76.5 Å². The highest BCUT2D eigenvalue weighted by Gasteiger charge is 2.20. The van der Waals surface area contributed by atoms with Gasteiger partial charge >= 0.3 is 0 Å². The number of fused-ring (bicyclic) bond motifs is 5. The Balaban J connectivity index is 1.19. The molecule has 0 atom stereocenters. The number of rotatable bonds is 6. The molecule has 0 spiro atoms. The molecule has 0 aromatic heterocycles. The Labute approximate surface area is 309 Å².